The molecule has 0 aliphatic carbocycles. The number of halogens is 2. The molecule has 1 aliphatic rings. The van der Waals surface area contributed by atoms with Crippen LogP contribution >= 0.6 is 0 Å². The van der Waals surface area contributed by atoms with Gasteiger partial charge in [-0.15, -0.1) is 0 Å². The van der Waals surface area contributed by atoms with Crippen LogP contribution in [0.2, 0.25) is 0 Å². The van der Waals surface area contributed by atoms with E-state index in [9.17, 15) is 8.78 Å². The smallest absolute Gasteiger partial charge is 0.387 e. The molecule has 0 amide bonds. The number of nitrogens with one attached hydrogen (secondary N) is 1. The van der Waals surface area contributed by atoms with Crippen LogP contribution in [0, 0.1) is 5.92 Å². The summed E-state index contributed by atoms with van der Waals surface area (Å²) in [4.78, 5) is 2.33. The Labute approximate surface area is 118 Å². The monoisotopic (exact) mass is 284 g/mol. The fraction of sp³-hybridized carbons (Fsp3) is 0.600. The first kappa shape index (κ1) is 15.2. The summed E-state index contributed by atoms with van der Waals surface area (Å²) in [7, 11) is 2.13. The van der Waals surface area contributed by atoms with Crippen LogP contribution in [0.4, 0.5) is 8.78 Å². The summed E-state index contributed by atoms with van der Waals surface area (Å²) in [6.07, 6.45) is 1.21. The number of alkyl halides is 2. The molecule has 1 aromatic rings. The highest BCUT2D eigenvalue weighted by molar-refractivity contribution is 5.30. The maximum absolute atomic E-state index is 12.2. The average Bonchev–Trinajstić information content (AvgIpc) is 2.81. The Morgan fingerprint density at radius 1 is 1.45 bits per heavy atom. The number of benzene rings is 1. The first-order chi connectivity index (χ1) is 9.54. The number of ether oxygens (including phenoxy) is 1. The van der Waals surface area contributed by atoms with Crippen molar-refractivity contribution < 1.29 is 13.5 Å². The molecule has 0 bridgehead atoms. The molecule has 2 unspecified atom stereocenters. The standard InChI is InChI=1S/C15H22F2N2O/c1-11(18-9-12-6-7-19(2)10-12)13-4-3-5-14(8-13)20-15(16)17/h3-5,8,11-12,15,18H,6-7,9-10H2,1-2H3. The molecule has 0 spiro atoms. The molecule has 0 aromatic heterocycles. The Morgan fingerprint density at radius 3 is 2.90 bits per heavy atom. The van der Waals surface area contributed by atoms with Gasteiger partial charge < -0.3 is 15.0 Å². The number of likely N-dealkylation sites (tertiary alicyclic amines) is 1. The van der Waals surface area contributed by atoms with Gasteiger partial charge in [0.15, 0.2) is 0 Å². The molecule has 2 rings (SSSR count). The largest absolute Gasteiger partial charge is 0.435 e. The lowest BCUT2D eigenvalue weighted by molar-refractivity contribution is -0.0499. The quantitative estimate of drug-likeness (QED) is 0.869. The lowest BCUT2D eigenvalue weighted by atomic mass is 10.1. The summed E-state index contributed by atoms with van der Waals surface area (Å²) in [6.45, 7) is 2.49. The van der Waals surface area contributed by atoms with E-state index in [1.165, 1.54) is 6.42 Å². The number of rotatable bonds is 6. The molecule has 1 aromatic carbocycles. The highest BCUT2D eigenvalue weighted by Crippen LogP contribution is 2.21. The van der Waals surface area contributed by atoms with Crippen LogP contribution in [0.3, 0.4) is 0 Å². The van der Waals surface area contributed by atoms with Gasteiger partial charge in [-0.1, -0.05) is 12.1 Å². The van der Waals surface area contributed by atoms with Crippen molar-refractivity contribution in [2.75, 3.05) is 26.7 Å². The van der Waals surface area contributed by atoms with E-state index in [2.05, 4.69) is 22.0 Å². The molecular formula is C15H22F2N2O. The van der Waals surface area contributed by atoms with E-state index in [-0.39, 0.29) is 11.8 Å². The van der Waals surface area contributed by atoms with E-state index < -0.39 is 6.61 Å². The van der Waals surface area contributed by atoms with Crippen molar-refractivity contribution in [1.82, 2.24) is 10.2 Å². The molecular weight excluding hydrogens is 262 g/mol. The van der Waals surface area contributed by atoms with E-state index in [1.807, 2.05) is 13.0 Å². The Morgan fingerprint density at radius 2 is 2.25 bits per heavy atom. The van der Waals surface area contributed by atoms with E-state index in [4.69, 9.17) is 0 Å². The minimum absolute atomic E-state index is 0.127. The third kappa shape index (κ3) is 4.42. The molecule has 1 saturated heterocycles. The SMILES string of the molecule is CC(NCC1CCN(C)C1)c1cccc(OC(F)F)c1. The average molecular weight is 284 g/mol. The van der Waals surface area contributed by atoms with Crippen molar-refractivity contribution >= 4 is 0 Å². The molecule has 20 heavy (non-hydrogen) atoms. The van der Waals surface area contributed by atoms with Crippen molar-refractivity contribution in [3.05, 3.63) is 29.8 Å². The van der Waals surface area contributed by atoms with Gasteiger partial charge in [0.05, 0.1) is 0 Å². The Kier molecular flexibility index (Phi) is 5.31. The van der Waals surface area contributed by atoms with Gasteiger partial charge in [0.2, 0.25) is 0 Å². The molecule has 1 aliphatic heterocycles. The molecule has 1 fully saturated rings. The van der Waals surface area contributed by atoms with E-state index in [0.29, 0.717) is 5.92 Å². The lowest BCUT2D eigenvalue weighted by Crippen LogP contribution is -2.27. The molecule has 0 radical (unpaired) electrons. The minimum atomic E-state index is -2.78. The number of hydrogen-bond acceptors (Lipinski definition) is 3. The summed E-state index contributed by atoms with van der Waals surface area (Å²) < 4.78 is 28.8. The van der Waals surface area contributed by atoms with Gasteiger partial charge in [0.1, 0.15) is 5.75 Å². The van der Waals surface area contributed by atoms with Crippen LogP contribution in [0.5, 0.6) is 5.75 Å². The zero-order chi connectivity index (χ0) is 14.5. The van der Waals surface area contributed by atoms with Gasteiger partial charge in [-0.25, -0.2) is 0 Å². The molecule has 3 nitrogen and oxygen atoms in total. The van der Waals surface area contributed by atoms with Gasteiger partial charge in [0, 0.05) is 12.6 Å². The second kappa shape index (κ2) is 6.99. The second-order valence-electron chi connectivity index (χ2n) is 5.50. The molecule has 1 heterocycles. The van der Waals surface area contributed by atoms with Gasteiger partial charge in [-0.3, -0.25) is 0 Å². The maximum Gasteiger partial charge on any atom is 0.387 e. The predicted octanol–water partition coefficient (Wildman–Crippen LogP) is 2.89. The molecule has 0 saturated carbocycles. The van der Waals surface area contributed by atoms with Crippen LogP contribution in [0.15, 0.2) is 24.3 Å². The van der Waals surface area contributed by atoms with E-state index in [1.54, 1.807) is 18.2 Å². The van der Waals surface area contributed by atoms with Crippen molar-refractivity contribution in [2.24, 2.45) is 5.92 Å². The highest BCUT2D eigenvalue weighted by atomic mass is 19.3. The molecule has 112 valence electrons. The van der Waals surface area contributed by atoms with Crippen LogP contribution < -0.4 is 10.1 Å². The van der Waals surface area contributed by atoms with Crippen LogP contribution in [0.25, 0.3) is 0 Å². The second-order valence-corrected chi connectivity index (χ2v) is 5.50. The zero-order valence-electron chi connectivity index (χ0n) is 12.0. The van der Waals surface area contributed by atoms with E-state index in [0.717, 1.165) is 25.2 Å². The fourth-order valence-electron chi connectivity index (χ4n) is 2.61. The van der Waals surface area contributed by atoms with Crippen LogP contribution in [-0.4, -0.2) is 38.2 Å². The van der Waals surface area contributed by atoms with Gasteiger partial charge in [0.25, 0.3) is 0 Å². The maximum atomic E-state index is 12.2. The van der Waals surface area contributed by atoms with Crippen molar-refractivity contribution in [1.29, 1.82) is 0 Å². The highest BCUT2D eigenvalue weighted by Gasteiger charge is 2.19. The van der Waals surface area contributed by atoms with Crippen molar-refractivity contribution in [3.63, 3.8) is 0 Å². The summed E-state index contributed by atoms with van der Waals surface area (Å²) >= 11 is 0. The zero-order valence-corrected chi connectivity index (χ0v) is 12.0. The lowest BCUT2D eigenvalue weighted by Gasteiger charge is -2.18. The Bertz CT molecular complexity index is 428. The fourth-order valence-corrected chi connectivity index (χ4v) is 2.61. The summed E-state index contributed by atoms with van der Waals surface area (Å²) in [5.74, 6) is 0.884. The third-order valence-corrected chi connectivity index (χ3v) is 3.78. The third-order valence-electron chi connectivity index (χ3n) is 3.78. The molecule has 1 N–H and O–H groups in total. The Balaban J connectivity index is 1.86. The summed E-state index contributed by atoms with van der Waals surface area (Å²) in [6, 6.07) is 7.02. The molecule has 2 atom stereocenters. The number of nitrogens with zero attached hydrogens (tertiary/aromatic N) is 1. The van der Waals surface area contributed by atoms with Gasteiger partial charge in [-0.05, 0) is 57.1 Å². The summed E-state index contributed by atoms with van der Waals surface area (Å²) in [5, 5.41) is 3.47. The van der Waals surface area contributed by atoms with Crippen LogP contribution in [-0.2, 0) is 0 Å². The van der Waals surface area contributed by atoms with E-state index >= 15 is 0 Å². The predicted molar refractivity (Wildman–Crippen MR) is 75.1 cm³/mol. The first-order valence-corrected chi connectivity index (χ1v) is 7.01. The van der Waals surface area contributed by atoms with Crippen LogP contribution in [0.1, 0.15) is 24.9 Å². The summed E-state index contributed by atoms with van der Waals surface area (Å²) in [5.41, 5.74) is 0.967. The number of hydrogen-bond donors (Lipinski definition) is 1. The normalized spacial score (nSPS) is 21.4. The van der Waals surface area contributed by atoms with Gasteiger partial charge >= 0.3 is 6.61 Å². The molecule has 5 heteroatoms. The van der Waals surface area contributed by atoms with Gasteiger partial charge in [-0.2, -0.15) is 8.78 Å². The minimum Gasteiger partial charge on any atom is -0.435 e. The topological polar surface area (TPSA) is 24.5 Å². The van der Waals surface area contributed by atoms with Crippen molar-refractivity contribution in [2.45, 2.75) is 26.0 Å². The first-order valence-electron chi connectivity index (χ1n) is 7.01. The van der Waals surface area contributed by atoms with Crippen molar-refractivity contribution in [3.8, 4) is 5.75 Å². The Hall–Kier alpha value is -1.20.